The van der Waals surface area contributed by atoms with E-state index in [2.05, 4.69) is 63.7 Å². The van der Waals surface area contributed by atoms with Gasteiger partial charge in [0.15, 0.2) is 5.60 Å². The molecule has 0 saturated heterocycles. The van der Waals surface area contributed by atoms with Gasteiger partial charge < -0.3 is 10.2 Å². The summed E-state index contributed by atoms with van der Waals surface area (Å²) in [5.74, 6) is -1.32. The number of rotatable bonds is 4. The molecular formula is C19H6Br4I2N2O9S. The Hall–Kier alpha value is -0.650. The van der Waals surface area contributed by atoms with Gasteiger partial charge in [-0.2, -0.15) is 8.42 Å². The Morgan fingerprint density at radius 1 is 0.784 bits per heavy atom. The maximum absolute atomic E-state index is 13.5. The number of phenols is 2. The van der Waals surface area contributed by atoms with Crippen molar-refractivity contribution in [3.63, 3.8) is 0 Å². The zero-order valence-electron chi connectivity index (χ0n) is 17.1. The van der Waals surface area contributed by atoms with Crippen molar-refractivity contribution in [2.75, 3.05) is 0 Å². The average molecular weight is 1010 g/mol. The molecule has 18 heteroatoms. The standard InChI is InChI=1S/C19H6Br4I2N2O9S/c20-12-11-18(15(23)14(22)13(12)21)37(34,35)36-19(11,5-1-7(24)16(28)9(3-5)26(30)31)6-2-8(25)17(29)10(4-6)27(32)33/h1-4,28-29H. The van der Waals surface area contributed by atoms with Crippen LogP contribution in [0.25, 0.3) is 0 Å². The third kappa shape index (κ3) is 4.51. The fraction of sp³-hybridized carbons (Fsp3) is 0.0526. The van der Waals surface area contributed by atoms with Gasteiger partial charge in [-0.15, -0.1) is 0 Å². The second-order valence-electron chi connectivity index (χ2n) is 7.34. The summed E-state index contributed by atoms with van der Waals surface area (Å²) >= 11 is 16.6. The number of hydrogen-bond acceptors (Lipinski definition) is 9. The Balaban J connectivity index is 2.32. The Kier molecular flexibility index (Phi) is 7.99. The quantitative estimate of drug-likeness (QED) is 0.0687. The highest BCUT2D eigenvalue weighted by atomic mass is 127. The summed E-state index contributed by atoms with van der Waals surface area (Å²) in [5.41, 5.74) is -4.02. The van der Waals surface area contributed by atoms with E-state index >= 15 is 0 Å². The molecule has 0 aromatic heterocycles. The van der Waals surface area contributed by atoms with E-state index < -0.39 is 48.4 Å². The molecule has 2 N–H and O–H groups in total. The van der Waals surface area contributed by atoms with E-state index in [1.165, 1.54) is 12.1 Å². The minimum atomic E-state index is -4.61. The molecule has 11 nitrogen and oxygen atoms in total. The highest BCUT2D eigenvalue weighted by molar-refractivity contribution is 14.1. The first-order valence-electron chi connectivity index (χ1n) is 9.23. The van der Waals surface area contributed by atoms with Crippen molar-refractivity contribution in [2.24, 2.45) is 0 Å². The topological polar surface area (TPSA) is 170 Å². The second-order valence-corrected chi connectivity index (χ2v) is 14.3. The van der Waals surface area contributed by atoms with Crippen LogP contribution in [0, 0.1) is 27.4 Å². The first-order valence-corrected chi connectivity index (χ1v) is 16.0. The van der Waals surface area contributed by atoms with Gasteiger partial charge in [0.05, 0.1) is 21.5 Å². The fourth-order valence-electron chi connectivity index (χ4n) is 3.81. The van der Waals surface area contributed by atoms with Gasteiger partial charge in [-0.1, -0.05) is 0 Å². The minimum Gasteiger partial charge on any atom is -0.501 e. The molecule has 0 bridgehead atoms. The molecule has 0 saturated carbocycles. The number of phenolic OH excluding ortho intramolecular Hbond substituents is 2. The van der Waals surface area contributed by atoms with Crippen LogP contribution in [-0.2, 0) is 19.9 Å². The van der Waals surface area contributed by atoms with Gasteiger partial charge in [0, 0.05) is 42.2 Å². The lowest BCUT2D eigenvalue weighted by atomic mass is 9.80. The number of fused-ring (bicyclic) bond motifs is 1. The lowest BCUT2D eigenvalue weighted by Gasteiger charge is -2.30. The molecule has 3 aromatic carbocycles. The largest absolute Gasteiger partial charge is 0.501 e. The molecule has 0 radical (unpaired) electrons. The van der Waals surface area contributed by atoms with E-state index in [9.17, 15) is 38.9 Å². The Bertz CT molecular complexity index is 1620. The summed E-state index contributed by atoms with van der Waals surface area (Å²) in [6.45, 7) is 0. The first-order chi connectivity index (χ1) is 17.1. The monoisotopic (exact) mass is 1010 g/mol. The number of aromatic hydroxyl groups is 2. The molecule has 4 rings (SSSR count). The van der Waals surface area contributed by atoms with Gasteiger partial charge in [-0.05, 0) is 121 Å². The van der Waals surface area contributed by atoms with Crippen LogP contribution in [0.4, 0.5) is 11.4 Å². The molecule has 37 heavy (non-hydrogen) atoms. The lowest BCUT2D eigenvalue weighted by molar-refractivity contribution is -0.386. The van der Waals surface area contributed by atoms with E-state index in [-0.39, 0.29) is 37.7 Å². The number of halogens is 6. The van der Waals surface area contributed by atoms with Crippen molar-refractivity contribution in [3.8, 4) is 11.5 Å². The van der Waals surface area contributed by atoms with Crippen LogP contribution in [-0.4, -0.2) is 28.5 Å². The van der Waals surface area contributed by atoms with E-state index in [4.69, 9.17) is 4.18 Å². The molecule has 0 atom stereocenters. The molecule has 0 aliphatic carbocycles. The molecule has 0 spiro atoms. The number of nitro benzene ring substituents is 2. The van der Waals surface area contributed by atoms with Gasteiger partial charge in [0.1, 0.15) is 4.90 Å². The summed E-state index contributed by atoms with van der Waals surface area (Å²) in [7, 11) is -4.61. The van der Waals surface area contributed by atoms with Crippen LogP contribution >= 0.6 is 109 Å². The maximum atomic E-state index is 13.5. The van der Waals surface area contributed by atoms with Crippen LogP contribution in [0.15, 0.2) is 47.1 Å². The van der Waals surface area contributed by atoms with Crippen LogP contribution in [0.5, 0.6) is 11.5 Å². The van der Waals surface area contributed by atoms with Crippen LogP contribution in [0.1, 0.15) is 16.7 Å². The number of hydrogen-bond donors (Lipinski definition) is 2. The summed E-state index contributed by atoms with van der Waals surface area (Å²) in [5, 5.41) is 44.1. The van der Waals surface area contributed by atoms with Crippen molar-refractivity contribution in [1.29, 1.82) is 0 Å². The van der Waals surface area contributed by atoms with Crippen LogP contribution in [0.3, 0.4) is 0 Å². The zero-order valence-corrected chi connectivity index (χ0v) is 28.6. The fourth-order valence-corrected chi connectivity index (χ4v) is 9.80. The zero-order chi connectivity index (χ0) is 27.8. The van der Waals surface area contributed by atoms with Crippen molar-refractivity contribution in [1.82, 2.24) is 0 Å². The van der Waals surface area contributed by atoms with Gasteiger partial charge in [0.25, 0.3) is 10.1 Å². The highest BCUT2D eigenvalue weighted by Crippen LogP contribution is 2.59. The number of nitro groups is 2. The van der Waals surface area contributed by atoms with Gasteiger partial charge in [0.2, 0.25) is 11.5 Å². The summed E-state index contributed by atoms with van der Waals surface area (Å²) < 4.78 is 33.6. The molecular weight excluding hydrogens is 1010 g/mol. The van der Waals surface area contributed by atoms with Crippen molar-refractivity contribution in [2.45, 2.75) is 10.5 Å². The second kappa shape index (κ2) is 10.1. The van der Waals surface area contributed by atoms with E-state index in [0.717, 1.165) is 12.1 Å². The minimum absolute atomic E-state index is 0.00929. The van der Waals surface area contributed by atoms with Crippen molar-refractivity contribution < 1.29 is 32.7 Å². The first kappa shape index (κ1) is 29.3. The third-order valence-electron chi connectivity index (χ3n) is 5.35. The summed E-state index contributed by atoms with van der Waals surface area (Å²) in [6, 6.07) is 4.42. The molecule has 1 aliphatic heterocycles. The number of benzene rings is 3. The molecule has 0 unspecified atom stereocenters. The Labute approximate surface area is 268 Å². The van der Waals surface area contributed by atoms with Crippen molar-refractivity contribution >= 4 is 130 Å². The average Bonchev–Trinajstić information content (AvgIpc) is 3.07. The maximum Gasteiger partial charge on any atom is 0.312 e. The van der Waals surface area contributed by atoms with E-state index in [1.54, 1.807) is 45.2 Å². The number of nitrogens with zero attached hydrogens (tertiary/aromatic N) is 2. The molecule has 0 amide bonds. The van der Waals surface area contributed by atoms with Crippen LogP contribution in [0.2, 0.25) is 0 Å². The molecule has 1 aliphatic rings. The predicted molar refractivity (Wildman–Crippen MR) is 160 cm³/mol. The van der Waals surface area contributed by atoms with Gasteiger partial charge in [-0.3, -0.25) is 20.2 Å². The molecule has 0 fully saturated rings. The summed E-state index contributed by atoms with van der Waals surface area (Å²) in [6.07, 6.45) is 0. The van der Waals surface area contributed by atoms with E-state index in [0.29, 0.717) is 8.95 Å². The van der Waals surface area contributed by atoms with Crippen LogP contribution < -0.4 is 0 Å². The summed E-state index contributed by atoms with van der Waals surface area (Å²) in [4.78, 5) is 21.4. The molecule has 1 heterocycles. The lowest BCUT2D eigenvalue weighted by Crippen LogP contribution is -2.30. The third-order valence-corrected chi connectivity index (χ3v) is 13.4. The molecule has 194 valence electrons. The van der Waals surface area contributed by atoms with E-state index in [1.807, 2.05) is 0 Å². The van der Waals surface area contributed by atoms with Crippen molar-refractivity contribution in [3.05, 3.63) is 86.2 Å². The Morgan fingerprint density at radius 2 is 1.19 bits per heavy atom. The smallest absolute Gasteiger partial charge is 0.312 e. The van der Waals surface area contributed by atoms with Gasteiger partial charge in [-0.25, -0.2) is 4.18 Å². The van der Waals surface area contributed by atoms with Gasteiger partial charge >= 0.3 is 11.4 Å². The molecule has 3 aromatic rings. The SMILES string of the molecule is O=[N+]([O-])c1cc(C2(c3cc(I)c(O)c([N+](=O)[O-])c3)OS(=O)(=O)c3c(Br)c(Br)c(Br)c(Br)c32)cc(I)c1O. The highest BCUT2D eigenvalue weighted by Gasteiger charge is 2.56. The predicted octanol–water partition coefficient (Wildman–Crippen LogP) is 7.18. The normalized spacial score (nSPS) is 15.4. The Morgan fingerprint density at radius 3 is 1.59 bits per heavy atom.